The number of nitrogens with zero attached hydrogens (tertiary/aromatic N) is 1. The van der Waals surface area contributed by atoms with Gasteiger partial charge in [0.15, 0.2) is 18.1 Å². The zero-order chi connectivity index (χ0) is 22.4. The molecule has 162 valence electrons. The van der Waals surface area contributed by atoms with Crippen LogP contribution in [-0.2, 0) is 9.59 Å². The summed E-state index contributed by atoms with van der Waals surface area (Å²) in [7, 11) is 1.43. The number of thioether (sulfide) groups is 1. The van der Waals surface area contributed by atoms with Gasteiger partial charge >= 0.3 is 5.97 Å². The summed E-state index contributed by atoms with van der Waals surface area (Å²) in [6.07, 6.45) is 1.59. The van der Waals surface area contributed by atoms with Crippen LogP contribution in [0.25, 0.3) is 6.08 Å². The van der Waals surface area contributed by atoms with Gasteiger partial charge in [-0.3, -0.25) is 14.5 Å². The Morgan fingerprint density at radius 1 is 1.19 bits per heavy atom. The predicted molar refractivity (Wildman–Crippen MR) is 123 cm³/mol. The molecule has 2 aromatic rings. The molecular formula is C21H18INO7S. The third-order valence-corrected chi connectivity index (χ3v) is 5.80. The highest BCUT2D eigenvalue weighted by atomic mass is 127. The van der Waals surface area contributed by atoms with Gasteiger partial charge in [0.05, 0.1) is 22.1 Å². The summed E-state index contributed by atoms with van der Waals surface area (Å²) in [5.74, 6) is -0.209. The first-order valence-electron chi connectivity index (χ1n) is 9.04. The van der Waals surface area contributed by atoms with Gasteiger partial charge in [-0.25, -0.2) is 4.79 Å². The number of para-hydroxylation sites is 1. The average Bonchev–Trinajstić information content (AvgIpc) is 3.00. The summed E-state index contributed by atoms with van der Waals surface area (Å²) in [4.78, 5) is 37.2. The van der Waals surface area contributed by atoms with E-state index in [1.54, 1.807) is 30.3 Å². The highest BCUT2D eigenvalue weighted by Gasteiger charge is 2.34. The summed E-state index contributed by atoms with van der Waals surface area (Å²) in [5, 5.41) is 8.45. The maximum absolute atomic E-state index is 12.7. The molecule has 8 nitrogen and oxygen atoms in total. The summed E-state index contributed by atoms with van der Waals surface area (Å²) >= 11 is 2.84. The number of carbonyl (C=O) groups is 3. The van der Waals surface area contributed by atoms with Crippen LogP contribution in [0.1, 0.15) is 5.56 Å². The van der Waals surface area contributed by atoms with Crippen LogP contribution in [0.15, 0.2) is 47.4 Å². The smallest absolute Gasteiger partial charge is 0.341 e. The lowest BCUT2D eigenvalue weighted by atomic mass is 10.2. The second kappa shape index (κ2) is 10.5. The molecule has 1 fully saturated rings. The fourth-order valence-corrected chi connectivity index (χ4v) is 4.36. The average molecular weight is 555 g/mol. The Morgan fingerprint density at radius 3 is 2.61 bits per heavy atom. The number of aliphatic carboxylic acids is 1. The number of amides is 2. The van der Waals surface area contributed by atoms with E-state index in [4.69, 9.17) is 19.3 Å². The quantitative estimate of drug-likeness (QED) is 0.368. The molecule has 1 saturated heterocycles. The molecule has 1 heterocycles. The van der Waals surface area contributed by atoms with Crippen molar-refractivity contribution in [3.05, 3.63) is 56.5 Å². The molecule has 2 aromatic carbocycles. The van der Waals surface area contributed by atoms with E-state index in [9.17, 15) is 14.4 Å². The third kappa shape index (κ3) is 5.91. The molecule has 0 bridgehead atoms. The summed E-state index contributed by atoms with van der Waals surface area (Å²) in [5.41, 5.74) is 0.620. The van der Waals surface area contributed by atoms with E-state index in [1.807, 2.05) is 40.8 Å². The van der Waals surface area contributed by atoms with Crippen molar-refractivity contribution in [2.45, 2.75) is 0 Å². The molecule has 0 saturated carbocycles. The van der Waals surface area contributed by atoms with Crippen LogP contribution in [0.2, 0.25) is 0 Å². The topological polar surface area (TPSA) is 102 Å². The molecule has 0 aliphatic carbocycles. The van der Waals surface area contributed by atoms with E-state index in [-0.39, 0.29) is 23.3 Å². The van der Waals surface area contributed by atoms with E-state index in [0.29, 0.717) is 26.4 Å². The minimum Gasteiger partial charge on any atom is -0.493 e. The second-order valence-electron chi connectivity index (χ2n) is 6.21. The van der Waals surface area contributed by atoms with E-state index in [2.05, 4.69) is 0 Å². The standard InChI is InChI=1S/C21H18INO7S/c1-28-16-10-13(9-15(22)19(16)30-12-18(24)25)11-17-20(26)23(21(27)31-17)7-8-29-14-5-3-2-4-6-14/h2-6,9-11H,7-8,12H2,1H3,(H,24,25)/b17-11-. The Bertz CT molecular complexity index is 1030. The number of hydrogen-bond donors (Lipinski definition) is 1. The Morgan fingerprint density at radius 2 is 1.94 bits per heavy atom. The van der Waals surface area contributed by atoms with Crippen LogP contribution in [0.3, 0.4) is 0 Å². The SMILES string of the molecule is COc1cc(/C=C2\SC(=O)N(CCOc3ccccc3)C2=O)cc(I)c1OCC(=O)O. The summed E-state index contributed by atoms with van der Waals surface area (Å²) < 4.78 is 16.8. The first-order chi connectivity index (χ1) is 14.9. The molecule has 2 amide bonds. The molecule has 10 heteroatoms. The minimum absolute atomic E-state index is 0.139. The van der Waals surface area contributed by atoms with E-state index < -0.39 is 18.5 Å². The molecule has 31 heavy (non-hydrogen) atoms. The summed E-state index contributed by atoms with van der Waals surface area (Å²) in [6, 6.07) is 12.5. The third-order valence-electron chi connectivity index (χ3n) is 4.09. The van der Waals surface area contributed by atoms with Crippen molar-refractivity contribution in [1.82, 2.24) is 4.90 Å². The first-order valence-corrected chi connectivity index (χ1v) is 10.9. The van der Waals surface area contributed by atoms with Crippen molar-refractivity contribution < 1.29 is 33.7 Å². The van der Waals surface area contributed by atoms with Crippen LogP contribution >= 0.6 is 34.4 Å². The van der Waals surface area contributed by atoms with Gasteiger partial charge in [0.2, 0.25) is 0 Å². The lowest BCUT2D eigenvalue weighted by Gasteiger charge is -2.13. The number of carboxylic acids is 1. The van der Waals surface area contributed by atoms with Gasteiger partial charge in [0.1, 0.15) is 12.4 Å². The lowest BCUT2D eigenvalue weighted by molar-refractivity contribution is -0.139. The van der Waals surface area contributed by atoms with Gasteiger partial charge in [-0.2, -0.15) is 0 Å². The number of hydrogen-bond acceptors (Lipinski definition) is 7. The Hall–Kier alpha value is -2.73. The molecule has 0 atom stereocenters. The maximum Gasteiger partial charge on any atom is 0.341 e. The van der Waals surface area contributed by atoms with Gasteiger partial charge in [-0.15, -0.1) is 0 Å². The monoisotopic (exact) mass is 555 g/mol. The van der Waals surface area contributed by atoms with Crippen LogP contribution in [0.5, 0.6) is 17.2 Å². The molecular weight excluding hydrogens is 537 g/mol. The number of methoxy groups -OCH3 is 1. The fraction of sp³-hybridized carbons (Fsp3) is 0.190. The normalized spacial score (nSPS) is 14.8. The molecule has 0 radical (unpaired) electrons. The van der Waals surface area contributed by atoms with Crippen LogP contribution in [0.4, 0.5) is 4.79 Å². The zero-order valence-electron chi connectivity index (χ0n) is 16.4. The second-order valence-corrected chi connectivity index (χ2v) is 8.37. The molecule has 0 spiro atoms. The number of imide groups is 1. The number of carboxylic acid groups (broad SMARTS) is 1. The maximum atomic E-state index is 12.7. The van der Waals surface area contributed by atoms with Crippen molar-refractivity contribution >= 4 is 57.5 Å². The Balaban J connectivity index is 1.71. The van der Waals surface area contributed by atoms with Crippen LogP contribution in [0, 0.1) is 3.57 Å². The van der Waals surface area contributed by atoms with Crippen molar-refractivity contribution in [3.8, 4) is 17.2 Å². The number of carbonyl (C=O) groups excluding carboxylic acids is 2. The van der Waals surface area contributed by atoms with Gasteiger partial charge in [-0.1, -0.05) is 18.2 Å². The molecule has 0 unspecified atom stereocenters. The Labute approximate surface area is 196 Å². The minimum atomic E-state index is -1.10. The van der Waals surface area contributed by atoms with Gasteiger partial charge in [0.25, 0.3) is 11.1 Å². The largest absolute Gasteiger partial charge is 0.493 e. The highest BCUT2D eigenvalue weighted by molar-refractivity contribution is 14.1. The fourth-order valence-electron chi connectivity index (χ4n) is 2.71. The van der Waals surface area contributed by atoms with E-state index in [0.717, 1.165) is 16.7 Å². The van der Waals surface area contributed by atoms with Crippen molar-refractivity contribution in [1.29, 1.82) is 0 Å². The van der Waals surface area contributed by atoms with Gasteiger partial charge < -0.3 is 19.3 Å². The highest BCUT2D eigenvalue weighted by Crippen LogP contribution is 2.37. The zero-order valence-corrected chi connectivity index (χ0v) is 19.3. The van der Waals surface area contributed by atoms with Crippen LogP contribution < -0.4 is 14.2 Å². The molecule has 0 aromatic heterocycles. The van der Waals surface area contributed by atoms with Crippen molar-refractivity contribution in [3.63, 3.8) is 0 Å². The summed E-state index contributed by atoms with van der Waals surface area (Å²) in [6.45, 7) is -0.175. The number of halogens is 1. The van der Waals surface area contributed by atoms with Gasteiger partial charge in [0, 0.05) is 0 Å². The van der Waals surface area contributed by atoms with E-state index in [1.165, 1.54) is 7.11 Å². The number of rotatable bonds is 9. The van der Waals surface area contributed by atoms with E-state index >= 15 is 0 Å². The Kier molecular flexibility index (Phi) is 7.80. The van der Waals surface area contributed by atoms with Gasteiger partial charge in [-0.05, 0) is 70.3 Å². The first kappa shape index (κ1) is 22.9. The number of benzene rings is 2. The molecule has 1 N–H and O–H groups in total. The van der Waals surface area contributed by atoms with Crippen molar-refractivity contribution in [2.75, 3.05) is 26.9 Å². The van der Waals surface area contributed by atoms with Crippen molar-refractivity contribution in [2.24, 2.45) is 0 Å². The molecule has 1 aliphatic heterocycles. The number of ether oxygens (including phenoxy) is 3. The lowest BCUT2D eigenvalue weighted by Crippen LogP contribution is -2.32. The van der Waals surface area contributed by atoms with Crippen LogP contribution in [-0.4, -0.2) is 54.0 Å². The predicted octanol–water partition coefficient (Wildman–Crippen LogP) is 3.88. The molecule has 1 aliphatic rings. The molecule has 3 rings (SSSR count).